The van der Waals surface area contributed by atoms with E-state index in [1.54, 1.807) is 6.08 Å². The van der Waals surface area contributed by atoms with Crippen molar-refractivity contribution in [2.45, 2.75) is 19.4 Å². The summed E-state index contributed by atoms with van der Waals surface area (Å²) < 4.78 is 5.23. The fourth-order valence-electron chi connectivity index (χ4n) is 1.10. The largest absolute Gasteiger partial charge is 0.480 e. The van der Waals surface area contributed by atoms with Crippen LogP contribution in [0.15, 0.2) is 12.7 Å². The SMILES string of the molecule is C=CCCOCCNCC(NC(C)=O)C(=O)O. The van der Waals surface area contributed by atoms with Gasteiger partial charge in [-0.05, 0) is 6.42 Å². The average molecular weight is 244 g/mol. The third-order valence-electron chi connectivity index (χ3n) is 1.91. The van der Waals surface area contributed by atoms with Gasteiger partial charge in [-0.25, -0.2) is 4.79 Å². The monoisotopic (exact) mass is 244 g/mol. The van der Waals surface area contributed by atoms with Crippen LogP contribution in [0.4, 0.5) is 0 Å². The number of hydrogen-bond donors (Lipinski definition) is 3. The van der Waals surface area contributed by atoms with E-state index in [-0.39, 0.29) is 12.5 Å². The van der Waals surface area contributed by atoms with E-state index in [1.807, 2.05) is 0 Å². The van der Waals surface area contributed by atoms with Gasteiger partial charge in [0.1, 0.15) is 6.04 Å². The zero-order valence-electron chi connectivity index (χ0n) is 10.1. The Bertz CT molecular complexity index is 256. The van der Waals surface area contributed by atoms with Crippen molar-refractivity contribution in [1.82, 2.24) is 10.6 Å². The maximum atomic E-state index is 10.7. The zero-order valence-corrected chi connectivity index (χ0v) is 10.1. The minimum atomic E-state index is -1.06. The average Bonchev–Trinajstić information content (AvgIpc) is 2.25. The first-order valence-electron chi connectivity index (χ1n) is 5.47. The van der Waals surface area contributed by atoms with Crippen LogP contribution in [0.25, 0.3) is 0 Å². The molecular formula is C11H20N2O4. The number of carbonyl (C=O) groups excluding carboxylic acids is 1. The van der Waals surface area contributed by atoms with Gasteiger partial charge < -0.3 is 20.5 Å². The summed E-state index contributed by atoms with van der Waals surface area (Å²) in [6.45, 7) is 6.68. The summed E-state index contributed by atoms with van der Waals surface area (Å²) in [7, 11) is 0. The molecule has 1 atom stereocenters. The molecule has 0 spiro atoms. The molecular weight excluding hydrogens is 224 g/mol. The van der Waals surface area contributed by atoms with E-state index >= 15 is 0 Å². The van der Waals surface area contributed by atoms with Gasteiger partial charge in [-0.15, -0.1) is 6.58 Å². The molecule has 0 bridgehead atoms. The van der Waals surface area contributed by atoms with Crippen LogP contribution >= 0.6 is 0 Å². The summed E-state index contributed by atoms with van der Waals surface area (Å²) >= 11 is 0. The number of aliphatic carboxylic acids is 1. The number of carboxylic acids is 1. The molecule has 0 rings (SSSR count). The van der Waals surface area contributed by atoms with Gasteiger partial charge in [-0.2, -0.15) is 0 Å². The fourth-order valence-corrected chi connectivity index (χ4v) is 1.10. The van der Waals surface area contributed by atoms with Crippen LogP contribution in [0.5, 0.6) is 0 Å². The molecule has 0 aliphatic heterocycles. The van der Waals surface area contributed by atoms with Crippen molar-refractivity contribution in [3.63, 3.8) is 0 Å². The Labute approximate surface area is 101 Å². The van der Waals surface area contributed by atoms with Crippen LogP contribution in [0, 0.1) is 0 Å². The maximum absolute atomic E-state index is 10.7. The normalized spacial score (nSPS) is 11.8. The number of amides is 1. The van der Waals surface area contributed by atoms with E-state index in [0.29, 0.717) is 19.8 Å². The van der Waals surface area contributed by atoms with Gasteiger partial charge in [0, 0.05) is 20.0 Å². The summed E-state index contributed by atoms with van der Waals surface area (Å²) in [5.41, 5.74) is 0. The fraction of sp³-hybridized carbons (Fsp3) is 0.636. The predicted molar refractivity (Wildman–Crippen MR) is 63.7 cm³/mol. The molecule has 98 valence electrons. The lowest BCUT2D eigenvalue weighted by Gasteiger charge is -2.13. The molecule has 0 fully saturated rings. The molecule has 0 radical (unpaired) electrons. The highest BCUT2D eigenvalue weighted by molar-refractivity contribution is 5.82. The van der Waals surface area contributed by atoms with E-state index in [9.17, 15) is 9.59 Å². The second kappa shape index (κ2) is 9.80. The predicted octanol–water partition coefficient (Wildman–Crippen LogP) is -0.242. The number of rotatable bonds is 10. The molecule has 6 nitrogen and oxygen atoms in total. The summed E-state index contributed by atoms with van der Waals surface area (Å²) in [6.07, 6.45) is 2.56. The maximum Gasteiger partial charge on any atom is 0.327 e. The quantitative estimate of drug-likeness (QED) is 0.364. The molecule has 1 unspecified atom stereocenters. The van der Waals surface area contributed by atoms with Crippen LogP contribution < -0.4 is 10.6 Å². The molecule has 0 aliphatic carbocycles. The van der Waals surface area contributed by atoms with Gasteiger partial charge in [0.2, 0.25) is 5.91 Å². The Morgan fingerprint density at radius 2 is 2.18 bits per heavy atom. The van der Waals surface area contributed by atoms with Crippen molar-refractivity contribution in [1.29, 1.82) is 0 Å². The molecule has 0 aromatic heterocycles. The lowest BCUT2D eigenvalue weighted by Crippen LogP contribution is -2.47. The number of hydrogen-bond acceptors (Lipinski definition) is 4. The van der Waals surface area contributed by atoms with Crippen molar-refractivity contribution < 1.29 is 19.4 Å². The van der Waals surface area contributed by atoms with Gasteiger partial charge >= 0.3 is 5.97 Å². The first-order valence-corrected chi connectivity index (χ1v) is 5.47. The number of nitrogens with one attached hydrogen (secondary N) is 2. The third-order valence-corrected chi connectivity index (χ3v) is 1.91. The van der Waals surface area contributed by atoms with Crippen LogP contribution in [-0.4, -0.2) is 49.3 Å². The second-order valence-corrected chi connectivity index (χ2v) is 3.49. The van der Waals surface area contributed by atoms with Crippen LogP contribution in [0.3, 0.4) is 0 Å². The van der Waals surface area contributed by atoms with Crippen LogP contribution in [0.2, 0.25) is 0 Å². The van der Waals surface area contributed by atoms with Crippen molar-refractivity contribution in [3.8, 4) is 0 Å². The minimum Gasteiger partial charge on any atom is -0.480 e. The van der Waals surface area contributed by atoms with Gasteiger partial charge in [0.15, 0.2) is 0 Å². The Balaban J connectivity index is 3.58. The first kappa shape index (κ1) is 15.6. The Morgan fingerprint density at radius 1 is 1.47 bits per heavy atom. The van der Waals surface area contributed by atoms with E-state index in [4.69, 9.17) is 9.84 Å². The molecule has 0 aromatic rings. The second-order valence-electron chi connectivity index (χ2n) is 3.49. The highest BCUT2D eigenvalue weighted by Crippen LogP contribution is 1.84. The van der Waals surface area contributed by atoms with Crippen LogP contribution in [-0.2, 0) is 14.3 Å². The molecule has 0 saturated carbocycles. The van der Waals surface area contributed by atoms with Gasteiger partial charge in [0.25, 0.3) is 0 Å². The smallest absolute Gasteiger partial charge is 0.327 e. The molecule has 0 aromatic carbocycles. The number of carboxylic acid groups (broad SMARTS) is 1. The highest BCUT2D eigenvalue weighted by Gasteiger charge is 2.17. The van der Waals surface area contributed by atoms with E-state index in [2.05, 4.69) is 17.2 Å². The number of carbonyl (C=O) groups is 2. The number of ether oxygens (including phenoxy) is 1. The zero-order chi connectivity index (χ0) is 13.1. The van der Waals surface area contributed by atoms with Crippen molar-refractivity contribution in [2.24, 2.45) is 0 Å². The Morgan fingerprint density at radius 3 is 2.71 bits per heavy atom. The summed E-state index contributed by atoms with van der Waals surface area (Å²) in [5, 5.41) is 14.0. The minimum absolute atomic E-state index is 0.180. The van der Waals surface area contributed by atoms with E-state index in [0.717, 1.165) is 6.42 Å². The Kier molecular flexibility index (Phi) is 8.99. The van der Waals surface area contributed by atoms with Crippen molar-refractivity contribution in [3.05, 3.63) is 12.7 Å². The lowest BCUT2D eigenvalue weighted by molar-refractivity contribution is -0.141. The van der Waals surface area contributed by atoms with Gasteiger partial charge in [-0.3, -0.25) is 4.79 Å². The molecule has 0 heterocycles. The van der Waals surface area contributed by atoms with Crippen LogP contribution in [0.1, 0.15) is 13.3 Å². The molecule has 3 N–H and O–H groups in total. The molecule has 0 aliphatic rings. The van der Waals surface area contributed by atoms with E-state index in [1.165, 1.54) is 6.92 Å². The van der Waals surface area contributed by atoms with Gasteiger partial charge in [-0.1, -0.05) is 6.08 Å². The standard InChI is InChI=1S/C11H20N2O4/c1-3-4-6-17-7-5-12-8-10(11(15)16)13-9(2)14/h3,10,12H,1,4-8H2,2H3,(H,13,14)(H,15,16). The Hall–Kier alpha value is -1.40. The summed E-state index contributed by atoms with van der Waals surface area (Å²) in [4.78, 5) is 21.5. The molecule has 6 heteroatoms. The summed E-state index contributed by atoms with van der Waals surface area (Å²) in [6, 6.07) is -0.902. The highest BCUT2D eigenvalue weighted by atomic mass is 16.5. The van der Waals surface area contributed by atoms with E-state index < -0.39 is 12.0 Å². The molecule has 0 saturated heterocycles. The van der Waals surface area contributed by atoms with Gasteiger partial charge in [0.05, 0.1) is 13.2 Å². The third kappa shape index (κ3) is 9.52. The summed E-state index contributed by atoms with van der Waals surface area (Å²) in [5.74, 6) is -1.42. The molecule has 17 heavy (non-hydrogen) atoms. The van der Waals surface area contributed by atoms with Crippen molar-refractivity contribution in [2.75, 3.05) is 26.3 Å². The van der Waals surface area contributed by atoms with Crippen molar-refractivity contribution >= 4 is 11.9 Å². The lowest BCUT2D eigenvalue weighted by atomic mass is 10.3. The first-order chi connectivity index (χ1) is 8.07. The topological polar surface area (TPSA) is 87.7 Å². The molecule has 1 amide bonds.